The Bertz CT molecular complexity index is 775. The van der Waals surface area contributed by atoms with Gasteiger partial charge in [-0.3, -0.25) is 9.59 Å². The number of rotatable bonds is 5. The van der Waals surface area contributed by atoms with Crippen LogP contribution in [-0.2, 0) is 11.2 Å². The summed E-state index contributed by atoms with van der Waals surface area (Å²) in [6.07, 6.45) is 0.178. The minimum absolute atomic E-state index is 0.178. The highest BCUT2D eigenvalue weighted by atomic mass is 35.5. The highest BCUT2D eigenvalue weighted by molar-refractivity contribution is 6.33. The average molecular weight is 347 g/mol. The van der Waals surface area contributed by atoms with Crippen LogP contribution < -0.4 is 15.4 Å². The fourth-order valence-corrected chi connectivity index (χ4v) is 2.43. The molecule has 0 heterocycles. The second kappa shape index (κ2) is 7.84. The van der Waals surface area contributed by atoms with Crippen LogP contribution >= 0.6 is 11.6 Å². The van der Waals surface area contributed by atoms with Crippen molar-refractivity contribution in [2.24, 2.45) is 0 Å². The van der Waals surface area contributed by atoms with Crippen molar-refractivity contribution in [3.05, 3.63) is 58.1 Å². The molecule has 126 valence electrons. The Hall–Kier alpha value is -2.53. The maximum absolute atomic E-state index is 12.3. The summed E-state index contributed by atoms with van der Waals surface area (Å²) in [6.45, 7) is 1.94. The second-order valence-electron chi connectivity index (χ2n) is 5.30. The molecule has 0 aliphatic rings. The molecule has 2 N–H and O–H groups in total. The van der Waals surface area contributed by atoms with E-state index in [2.05, 4.69) is 10.6 Å². The molecule has 0 atom stereocenters. The van der Waals surface area contributed by atoms with Crippen molar-refractivity contribution in [3.63, 3.8) is 0 Å². The Labute approximate surface area is 146 Å². The zero-order valence-corrected chi connectivity index (χ0v) is 14.5. The van der Waals surface area contributed by atoms with Crippen molar-refractivity contribution in [1.29, 1.82) is 0 Å². The van der Waals surface area contributed by atoms with Gasteiger partial charge in [0.15, 0.2) is 0 Å². The highest BCUT2D eigenvalue weighted by Gasteiger charge is 2.11. The first-order valence-electron chi connectivity index (χ1n) is 7.39. The fraction of sp³-hybridized carbons (Fsp3) is 0.222. The fourth-order valence-electron chi connectivity index (χ4n) is 2.26. The van der Waals surface area contributed by atoms with E-state index < -0.39 is 0 Å². The number of benzene rings is 2. The average Bonchev–Trinajstić information content (AvgIpc) is 2.57. The van der Waals surface area contributed by atoms with Gasteiger partial charge in [-0.05, 0) is 42.3 Å². The molecule has 0 bridgehead atoms. The van der Waals surface area contributed by atoms with Gasteiger partial charge in [-0.25, -0.2) is 0 Å². The smallest absolute Gasteiger partial charge is 0.251 e. The van der Waals surface area contributed by atoms with Gasteiger partial charge in [-0.1, -0.05) is 23.7 Å². The van der Waals surface area contributed by atoms with Gasteiger partial charge >= 0.3 is 0 Å². The number of methoxy groups -OCH3 is 1. The Morgan fingerprint density at radius 2 is 1.92 bits per heavy atom. The summed E-state index contributed by atoms with van der Waals surface area (Å²) in [4.78, 5) is 23.9. The molecule has 0 aliphatic carbocycles. The maximum Gasteiger partial charge on any atom is 0.251 e. The first-order chi connectivity index (χ1) is 11.4. The molecule has 5 nitrogen and oxygen atoms in total. The summed E-state index contributed by atoms with van der Waals surface area (Å²) in [5.74, 6) is 0.266. The molecular weight excluding hydrogens is 328 g/mol. The van der Waals surface area contributed by atoms with Crippen LogP contribution in [0, 0.1) is 6.92 Å². The van der Waals surface area contributed by atoms with E-state index in [4.69, 9.17) is 16.3 Å². The lowest BCUT2D eigenvalue weighted by atomic mass is 10.1. The number of amides is 2. The summed E-state index contributed by atoms with van der Waals surface area (Å²) in [6, 6.07) is 10.3. The number of hydrogen-bond acceptors (Lipinski definition) is 3. The number of anilines is 1. The molecule has 2 aromatic carbocycles. The summed E-state index contributed by atoms with van der Waals surface area (Å²) in [7, 11) is 3.14. The molecule has 0 unspecified atom stereocenters. The second-order valence-corrected chi connectivity index (χ2v) is 5.71. The van der Waals surface area contributed by atoms with Crippen LogP contribution in [0.25, 0.3) is 0 Å². The number of halogens is 1. The summed E-state index contributed by atoms with van der Waals surface area (Å²) >= 11 is 6.09. The van der Waals surface area contributed by atoms with Gasteiger partial charge in [0.2, 0.25) is 5.91 Å². The normalized spacial score (nSPS) is 10.2. The van der Waals surface area contributed by atoms with Crippen molar-refractivity contribution in [3.8, 4) is 5.75 Å². The topological polar surface area (TPSA) is 67.4 Å². The summed E-state index contributed by atoms with van der Waals surface area (Å²) < 4.78 is 5.26. The lowest BCUT2D eigenvalue weighted by Gasteiger charge is -2.10. The van der Waals surface area contributed by atoms with Crippen molar-refractivity contribution < 1.29 is 14.3 Å². The third kappa shape index (κ3) is 4.26. The van der Waals surface area contributed by atoms with Crippen LogP contribution in [0.4, 0.5) is 5.69 Å². The Kier molecular flexibility index (Phi) is 5.82. The van der Waals surface area contributed by atoms with E-state index in [1.165, 1.54) is 0 Å². The first kappa shape index (κ1) is 17.8. The van der Waals surface area contributed by atoms with Crippen LogP contribution in [0.15, 0.2) is 36.4 Å². The molecule has 2 rings (SSSR count). The van der Waals surface area contributed by atoms with Gasteiger partial charge < -0.3 is 15.4 Å². The van der Waals surface area contributed by atoms with Gasteiger partial charge in [0.1, 0.15) is 5.75 Å². The molecule has 0 aliphatic heterocycles. The quantitative estimate of drug-likeness (QED) is 0.873. The molecule has 0 aromatic heterocycles. The van der Waals surface area contributed by atoms with Gasteiger partial charge in [0.25, 0.3) is 5.91 Å². The van der Waals surface area contributed by atoms with Crippen molar-refractivity contribution in [2.75, 3.05) is 19.5 Å². The Morgan fingerprint density at radius 3 is 2.58 bits per heavy atom. The van der Waals surface area contributed by atoms with Crippen LogP contribution in [-0.4, -0.2) is 26.0 Å². The SMILES string of the molecule is CNC(=O)c1ccc(Cl)c(NC(=O)Cc2ccc(C)c(OC)c2)c1. The first-order valence-corrected chi connectivity index (χ1v) is 7.77. The third-order valence-electron chi connectivity index (χ3n) is 3.57. The number of nitrogens with one attached hydrogen (secondary N) is 2. The minimum Gasteiger partial charge on any atom is -0.496 e. The molecule has 0 radical (unpaired) electrons. The zero-order chi connectivity index (χ0) is 17.7. The van der Waals surface area contributed by atoms with Gasteiger partial charge in [0, 0.05) is 12.6 Å². The van der Waals surface area contributed by atoms with Crippen molar-refractivity contribution in [2.45, 2.75) is 13.3 Å². The number of carbonyl (C=O) groups excluding carboxylic acids is 2. The number of ether oxygens (including phenoxy) is 1. The van der Waals surface area contributed by atoms with E-state index in [0.717, 1.165) is 16.9 Å². The summed E-state index contributed by atoms with van der Waals surface area (Å²) in [5, 5.41) is 5.64. The van der Waals surface area contributed by atoms with Gasteiger partial charge in [0.05, 0.1) is 24.2 Å². The van der Waals surface area contributed by atoms with Crippen LogP contribution in [0.2, 0.25) is 5.02 Å². The van der Waals surface area contributed by atoms with Gasteiger partial charge in [-0.15, -0.1) is 0 Å². The molecule has 0 fully saturated rings. The minimum atomic E-state index is -0.245. The van der Waals surface area contributed by atoms with E-state index in [9.17, 15) is 9.59 Å². The van der Waals surface area contributed by atoms with Crippen LogP contribution in [0.1, 0.15) is 21.5 Å². The maximum atomic E-state index is 12.3. The molecule has 0 saturated heterocycles. The monoisotopic (exact) mass is 346 g/mol. The van der Waals surface area contributed by atoms with E-state index in [0.29, 0.717) is 16.3 Å². The molecule has 0 spiro atoms. The van der Waals surface area contributed by atoms with Crippen molar-refractivity contribution >= 4 is 29.1 Å². The van der Waals surface area contributed by atoms with E-state index >= 15 is 0 Å². The molecular formula is C18H19ClN2O3. The zero-order valence-electron chi connectivity index (χ0n) is 13.8. The molecule has 6 heteroatoms. The molecule has 2 aromatic rings. The van der Waals surface area contributed by atoms with Crippen LogP contribution in [0.5, 0.6) is 5.75 Å². The van der Waals surface area contributed by atoms with Crippen molar-refractivity contribution in [1.82, 2.24) is 5.32 Å². The lowest BCUT2D eigenvalue weighted by molar-refractivity contribution is -0.115. The Balaban J connectivity index is 2.13. The molecule has 0 saturated carbocycles. The predicted octanol–water partition coefficient (Wildman–Crippen LogP) is 3.20. The predicted molar refractivity (Wildman–Crippen MR) is 94.9 cm³/mol. The lowest BCUT2D eigenvalue weighted by Crippen LogP contribution is -2.19. The molecule has 2 amide bonds. The van der Waals surface area contributed by atoms with Gasteiger partial charge in [-0.2, -0.15) is 0 Å². The largest absolute Gasteiger partial charge is 0.496 e. The molecule has 24 heavy (non-hydrogen) atoms. The Morgan fingerprint density at radius 1 is 1.17 bits per heavy atom. The summed E-state index contributed by atoms with van der Waals surface area (Å²) in [5.41, 5.74) is 2.66. The third-order valence-corrected chi connectivity index (χ3v) is 3.90. The van der Waals surface area contributed by atoms with Crippen LogP contribution in [0.3, 0.4) is 0 Å². The van der Waals surface area contributed by atoms with E-state index in [1.807, 2.05) is 25.1 Å². The van der Waals surface area contributed by atoms with E-state index in [-0.39, 0.29) is 18.2 Å². The standard InChI is InChI=1S/C18H19ClN2O3/c1-11-4-5-12(8-16(11)24-3)9-17(22)21-15-10-13(18(23)20-2)6-7-14(15)19/h4-8,10H,9H2,1-3H3,(H,20,23)(H,21,22). The number of carbonyl (C=O) groups is 2. The number of hydrogen-bond donors (Lipinski definition) is 2. The highest BCUT2D eigenvalue weighted by Crippen LogP contribution is 2.24. The number of aryl methyl sites for hydroxylation is 1. The van der Waals surface area contributed by atoms with E-state index in [1.54, 1.807) is 32.4 Å².